The first-order valence-electron chi connectivity index (χ1n) is 9.37. The summed E-state index contributed by atoms with van der Waals surface area (Å²) in [6, 6.07) is 14.4. The summed E-state index contributed by atoms with van der Waals surface area (Å²) >= 11 is 0. The predicted octanol–water partition coefficient (Wildman–Crippen LogP) is 2.60. The van der Waals surface area contributed by atoms with Crippen LogP contribution in [0, 0.1) is 13.8 Å². The minimum atomic E-state index is -3.54. The zero-order valence-corrected chi connectivity index (χ0v) is 17.3. The molecule has 0 radical (unpaired) electrons. The molecule has 0 spiro atoms. The van der Waals surface area contributed by atoms with E-state index in [9.17, 15) is 13.2 Å². The number of carbonyl (C=O) groups is 1. The Bertz CT molecular complexity index is 933. The smallest absolute Gasteiger partial charge is 0.263 e. The maximum atomic E-state index is 12.8. The van der Waals surface area contributed by atoms with Crippen LogP contribution in [0.25, 0.3) is 0 Å². The third-order valence-electron chi connectivity index (χ3n) is 4.95. The topological polar surface area (TPSA) is 66.9 Å². The van der Waals surface area contributed by atoms with Crippen LogP contribution in [0.5, 0.6) is 5.75 Å². The van der Waals surface area contributed by atoms with Crippen LogP contribution in [0.15, 0.2) is 53.4 Å². The van der Waals surface area contributed by atoms with E-state index in [4.69, 9.17) is 4.74 Å². The van der Waals surface area contributed by atoms with Crippen LogP contribution < -0.4 is 4.74 Å². The molecular weight excluding hydrogens is 376 g/mol. The van der Waals surface area contributed by atoms with Crippen molar-refractivity contribution >= 4 is 15.9 Å². The number of rotatable bonds is 5. The van der Waals surface area contributed by atoms with Crippen molar-refractivity contribution in [3.8, 4) is 5.75 Å². The fourth-order valence-corrected chi connectivity index (χ4v) is 4.62. The lowest BCUT2D eigenvalue weighted by atomic mass is 10.2. The number of ether oxygens (including phenoxy) is 1. The number of amides is 1. The fraction of sp³-hybridized carbons (Fsp3) is 0.381. The number of nitrogens with zero attached hydrogens (tertiary/aromatic N) is 2. The second kappa shape index (κ2) is 8.32. The van der Waals surface area contributed by atoms with Gasteiger partial charge in [0.25, 0.3) is 5.91 Å². The van der Waals surface area contributed by atoms with Crippen molar-refractivity contribution in [3.05, 3.63) is 59.7 Å². The van der Waals surface area contributed by atoms with E-state index in [0.717, 1.165) is 11.1 Å². The molecule has 0 bridgehead atoms. The number of carbonyl (C=O) groups excluding carboxylic acids is 1. The Morgan fingerprint density at radius 1 is 0.964 bits per heavy atom. The van der Waals surface area contributed by atoms with Gasteiger partial charge in [0.15, 0.2) is 6.10 Å². The number of hydrogen-bond acceptors (Lipinski definition) is 4. The average Bonchev–Trinajstić information content (AvgIpc) is 2.69. The van der Waals surface area contributed by atoms with Crippen molar-refractivity contribution in [2.45, 2.75) is 31.8 Å². The van der Waals surface area contributed by atoms with E-state index in [1.54, 1.807) is 36.1 Å². The van der Waals surface area contributed by atoms with E-state index < -0.39 is 16.1 Å². The summed E-state index contributed by atoms with van der Waals surface area (Å²) < 4.78 is 32.8. The van der Waals surface area contributed by atoms with Gasteiger partial charge >= 0.3 is 0 Å². The van der Waals surface area contributed by atoms with E-state index >= 15 is 0 Å². The van der Waals surface area contributed by atoms with Crippen LogP contribution in [-0.4, -0.2) is 55.8 Å². The highest BCUT2D eigenvalue weighted by Gasteiger charge is 2.32. The molecule has 7 heteroatoms. The van der Waals surface area contributed by atoms with Crippen molar-refractivity contribution in [1.29, 1.82) is 0 Å². The zero-order valence-electron chi connectivity index (χ0n) is 16.5. The maximum Gasteiger partial charge on any atom is 0.263 e. The number of hydrogen-bond donors (Lipinski definition) is 0. The van der Waals surface area contributed by atoms with Crippen LogP contribution in [0.3, 0.4) is 0 Å². The monoisotopic (exact) mass is 402 g/mol. The Kier molecular flexibility index (Phi) is 6.05. The van der Waals surface area contributed by atoms with Crippen molar-refractivity contribution < 1.29 is 17.9 Å². The summed E-state index contributed by atoms with van der Waals surface area (Å²) in [6.07, 6.45) is -0.624. The van der Waals surface area contributed by atoms with Crippen molar-refractivity contribution in [3.63, 3.8) is 0 Å². The number of sulfonamides is 1. The highest BCUT2D eigenvalue weighted by atomic mass is 32.2. The molecule has 1 aliphatic heterocycles. The minimum absolute atomic E-state index is 0.129. The molecule has 0 aromatic heterocycles. The Hall–Kier alpha value is -2.38. The first kappa shape index (κ1) is 20.4. The number of piperazine rings is 1. The Morgan fingerprint density at radius 2 is 1.57 bits per heavy atom. The molecule has 150 valence electrons. The third kappa shape index (κ3) is 4.36. The Balaban J connectivity index is 1.60. The molecule has 2 aromatic rings. The lowest BCUT2D eigenvalue weighted by Crippen LogP contribution is -2.53. The molecule has 0 saturated carbocycles. The second-order valence-electron chi connectivity index (χ2n) is 7.07. The van der Waals surface area contributed by atoms with E-state index in [-0.39, 0.29) is 23.9 Å². The zero-order chi connectivity index (χ0) is 20.3. The van der Waals surface area contributed by atoms with Crippen LogP contribution in [0.1, 0.15) is 18.1 Å². The molecule has 6 nitrogen and oxygen atoms in total. The van der Waals surface area contributed by atoms with Gasteiger partial charge in [0.05, 0.1) is 4.90 Å². The number of aryl methyl sites for hydroxylation is 2. The lowest BCUT2D eigenvalue weighted by Gasteiger charge is -2.35. The second-order valence-corrected chi connectivity index (χ2v) is 9.01. The molecule has 1 saturated heterocycles. The summed E-state index contributed by atoms with van der Waals surface area (Å²) in [4.78, 5) is 14.7. The average molecular weight is 403 g/mol. The summed E-state index contributed by atoms with van der Waals surface area (Å²) in [7, 11) is -3.54. The molecule has 1 unspecified atom stereocenters. The standard InChI is InChI=1S/C21H26N2O4S/c1-16-8-10-19(11-9-16)28(25,26)23-14-12-22(13-15-23)21(24)18(3)27-20-7-5-4-6-17(20)2/h4-11,18H,12-15H2,1-3H3. The Labute approximate surface area is 166 Å². The van der Waals surface area contributed by atoms with Gasteiger partial charge in [0.2, 0.25) is 10.0 Å². The molecule has 1 heterocycles. The third-order valence-corrected chi connectivity index (χ3v) is 6.87. The Morgan fingerprint density at radius 3 is 2.18 bits per heavy atom. The van der Waals surface area contributed by atoms with Crippen molar-refractivity contribution in [2.24, 2.45) is 0 Å². The predicted molar refractivity (Wildman–Crippen MR) is 108 cm³/mol. The fourth-order valence-electron chi connectivity index (χ4n) is 3.19. The van der Waals surface area contributed by atoms with Crippen LogP contribution in [0.4, 0.5) is 0 Å². The quantitative estimate of drug-likeness (QED) is 0.771. The van der Waals surface area contributed by atoms with Gasteiger partial charge in [-0.1, -0.05) is 35.9 Å². The normalized spacial score (nSPS) is 16.6. The molecule has 1 aliphatic rings. The first-order valence-corrected chi connectivity index (χ1v) is 10.8. The molecule has 3 rings (SSSR count). The highest BCUT2D eigenvalue weighted by molar-refractivity contribution is 7.89. The molecule has 0 aliphatic carbocycles. The maximum absolute atomic E-state index is 12.8. The van der Waals surface area contributed by atoms with E-state index in [1.165, 1.54) is 4.31 Å². The largest absolute Gasteiger partial charge is 0.481 e. The molecule has 0 N–H and O–H groups in total. The van der Waals surface area contributed by atoms with Crippen LogP contribution in [0.2, 0.25) is 0 Å². The van der Waals surface area contributed by atoms with Gasteiger partial charge in [-0.25, -0.2) is 8.42 Å². The van der Waals surface area contributed by atoms with Crippen molar-refractivity contribution in [2.75, 3.05) is 26.2 Å². The molecular formula is C21H26N2O4S. The summed E-state index contributed by atoms with van der Waals surface area (Å²) in [5.74, 6) is 0.555. The summed E-state index contributed by atoms with van der Waals surface area (Å²) in [5.41, 5.74) is 1.98. The van der Waals surface area contributed by atoms with Gasteiger partial charge in [0.1, 0.15) is 5.75 Å². The van der Waals surface area contributed by atoms with Crippen LogP contribution >= 0.6 is 0 Å². The molecule has 2 aromatic carbocycles. The number of para-hydroxylation sites is 1. The van der Waals surface area contributed by atoms with Gasteiger partial charge in [0, 0.05) is 26.2 Å². The van der Waals surface area contributed by atoms with Gasteiger partial charge in [-0.05, 0) is 44.5 Å². The minimum Gasteiger partial charge on any atom is -0.481 e. The van der Waals surface area contributed by atoms with E-state index in [0.29, 0.717) is 18.8 Å². The van der Waals surface area contributed by atoms with Gasteiger partial charge < -0.3 is 9.64 Å². The first-order chi connectivity index (χ1) is 13.3. The molecule has 1 atom stereocenters. The van der Waals surface area contributed by atoms with Crippen molar-refractivity contribution in [1.82, 2.24) is 9.21 Å². The molecule has 28 heavy (non-hydrogen) atoms. The summed E-state index contributed by atoms with van der Waals surface area (Å²) in [5, 5.41) is 0. The number of benzene rings is 2. The van der Waals surface area contributed by atoms with E-state index in [2.05, 4.69) is 0 Å². The SMILES string of the molecule is Cc1ccc(S(=O)(=O)N2CCN(C(=O)C(C)Oc3ccccc3C)CC2)cc1. The van der Waals surface area contributed by atoms with Gasteiger partial charge in [-0.2, -0.15) is 4.31 Å². The molecule has 1 fully saturated rings. The lowest BCUT2D eigenvalue weighted by molar-refractivity contribution is -0.139. The summed E-state index contributed by atoms with van der Waals surface area (Å²) in [6.45, 7) is 6.83. The van der Waals surface area contributed by atoms with Gasteiger partial charge in [-0.3, -0.25) is 4.79 Å². The van der Waals surface area contributed by atoms with Gasteiger partial charge in [-0.15, -0.1) is 0 Å². The van der Waals surface area contributed by atoms with E-state index in [1.807, 2.05) is 38.1 Å². The highest BCUT2D eigenvalue weighted by Crippen LogP contribution is 2.21. The molecule has 1 amide bonds. The van der Waals surface area contributed by atoms with Crippen LogP contribution in [-0.2, 0) is 14.8 Å².